The van der Waals surface area contributed by atoms with Gasteiger partial charge < -0.3 is 5.11 Å². The Labute approximate surface area is 150 Å². The van der Waals surface area contributed by atoms with Gasteiger partial charge in [0, 0.05) is 5.56 Å². The number of hydrogen-bond donors (Lipinski definition) is 1. The molecule has 0 atom stereocenters. The van der Waals surface area contributed by atoms with E-state index in [9.17, 15) is 15.2 Å². The fraction of sp³-hybridized carbons (Fsp3) is 0.100. The summed E-state index contributed by atoms with van der Waals surface area (Å²) in [6.45, 7) is 1.71. The highest BCUT2D eigenvalue weighted by Gasteiger charge is 2.19. The van der Waals surface area contributed by atoms with Crippen molar-refractivity contribution in [2.75, 3.05) is 0 Å². The summed E-state index contributed by atoms with van der Waals surface area (Å²) in [6.07, 6.45) is 0. The number of rotatable bonds is 4. The van der Waals surface area contributed by atoms with Gasteiger partial charge in [-0.15, -0.1) is 5.11 Å². The molecule has 0 saturated carbocycles. The second kappa shape index (κ2) is 7.45. The summed E-state index contributed by atoms with van der Waals surface area (Å²) < 4.78 is 1.14. The largest absolute Gasteiger partial charge is 0.493 e. The average Bonchev–Trinajstić information content (AvgIpc) is 2.67. The van der Waals surface area contributed by atoms with Gasteiger partial charge in [-0.2, -0.15) is 10.4 Å². The summed E-state index contributed by atoms with van der Waals surface area (Å²) in [5, 5.41) is 27.9. The number of azo groups is 1. The Morgan fingerprint density at radius 2 is 1.65 bits per heavy atom. The molecule has 26 heavy (non-hydrogen) atoms. The van der Waals surface area contributed by atoms with Crippen LogP contribution < -0.4 is 5.56 Å². The van der Waals surface area contributed by atoms with Gasteiger partial charge in [0.25, 0.3) is 5.56 Å². The number of pyridine rings is 1. The lowest BCUT2D eigenvalue weighted by atomic mass is 10.1. The van der Waals surface area contributed by atoms with Crippen LogP contribution in [0.3, 0.4) is 0 Å². The van der Waals surface area contributed by atoms with Crippen LogP contribution in [0.1, 0.15) is 16.7 Å². The van der Waals surface area contributed by atoms with E-state index in [0.29, 0.717) is 11.3 Å². The molecule has 0 aliphatic carbocycles. The van der Waals surface area contributed by atoms with E-state index < -0.39 is 5.56 Å². The van der Waals surface area contributed by atoms with Gasteiger partial charge in [-0.25, -0.2) is 0 Å². The summed E-state index contributed by atoms with van der Waals surface area (Å²) >= 11 is 0. The quantitative estimate of drug-likeness (QED) is 0.719. The third-order valence-electron chi connectivity index (χ3n) is 3.97. The SMILES string of the molecule is Cc1c(C#N)c(O)n(Cc2ccccc2)c(=O)c1N=Nc1ccccc1. The first-order chi connectivity index (χ1) is 12.6. The van der Waals surface area contributed by atoms with Crippen molar-refractivity contribution in [1.29, 1.82) is 5.26 Å². The summed E-state index contributed by atoms with van der Waals surface area (Å²) in [5.74, 6) is -0.363. The Morgan fingerprint density at radius 3 is 2.27 bits per heavy atom. The second-order valence-electron chi connectivity index (χ2n) is 5.70. The molecular formula is C20H16N4O2. The van der Waals surface area contributed by atoms with Crippen LogP contribution in [0.5, 0.6) is 5.88 Å². The molecule has 2 aromatic carbocycles. The smallest absolute Gasteiger partial charge is 0.281 e. The van der Waals surface area contributed by atoms with Gasteiger partial charge in [0.05, 0.1) is 12.2 Å². The summed E-state index contributed by atoms with van der Waals surface area (Å²) in [4.78, 5) is 12.8. The molecule has 6 heteroatoms. The highest BCUT2D eigenvalue weighted by atomic mass is 16.3. The van der Waals surface area contributed by atoms with E-state index in [0.717, 1.165) is 10.1 Å². The number of aromatic hydroxyl groups is 1. The van der Waals surface area contributed by atoms with Crippen molar-refractivity contribution in [2.45, 2.75) is 13.5 Å². The Hall–Kier alpha value is -3.72. The molecule has 128 valence electrons. The fourth-order valence-electron chi connectivity index (χ4n) is 2.57. The molecule has 0 saturated heterocycles. The molecule has 0 fully saturated rings. The first-order valence-corrected chi connectivity index (χ1v) is 7.99. The zero-order valence-electron chi connectivity index (χ0n) is 14.1. The van der Waals surface area contributed by atoms with Crippen LogP contribution in [0.25, 0.3) is 0 Å². The molecule has 3 rings (SSSR count). The lowest BCUT2D eigenvalue weighted by molar-refractivity contribution is 0.412. The third-order valence-corrected chi connectivity index (χ3v) is 3.97. The molecule has 0 amide bonds. The molecule has 1 N–H and O–H groups in total. The molecule has 0 bridgehead atoms. The van der Waals surface area contributed by atoms with E-state index in [1.165, 1.54) is 0 Å². The van der Waals surface area contributed by atoms with Gasteiger partial charge in [-0.3, -0.25) is 9.36 Å². The number of nitriles is 1. The molecule has 0 radical (unpaired) electrons. The normalized spacial score (nSPS) is 10.8. The lowest BCUT2D eigenvalue weighted by Gasteiger charge is -2.13. The number of nitrogens with zero attached hydrogens (tertiary/aromatic N) is 4. The van der Waals surface area contributed by atoms with Crippen LogP contribution in [0.2, 0.25) is 0 Å². The molecule has 3 aromatic rings. The lowest BCUT2D eigenvalue weighted by Crippen LogP contribution is -2.22. The molecule has 1 heterocycles. The van der Waals surface area contributed by atoms with Gasteiger partial charge in [0.1, 0.15) is 11.6 Å². The standard InChI is InChI=1S/C20H16N4O2/c1-14-17(12-21)19(25)24(13-15-8-4-2-5-9-15)20(26)18(14)23-22-16-10-6-3-7-11-16/h2-11,25H,13H2,1H3. The van der Waals surface area contributed by atoms with Crippen molar-refractivity contribution in [3.8, 4) is 11.9 Å². The maximum absolute atomic E-state index is 12.8. The predicted molar refractivity (Wildman–Crippen MR) is 98.0 cm³/mol. The zero-order chi connectivity index (χ0) is 18.5. The van der Waals surface area contributed by atoms with Crippen molar-refractivity contribution < 1.29 is 5.11 Å². The Bertz CT molecular complexity index is 1050. The molecule has 0 spiro atoms. The van der Waals surface area contributed by atoms with E-state index in [2.05, 4.69) is 10.2 Å². The first-order valence-electron chi connectivity index (χ1n) is 7.99. The van der Waals surface area contributed by atoms with Crippen LogP contribution in [0.15, 0.2) is 75.7 Å². The Morgan fingerprint density at radius 1 is 1.04 bits per heavy atom. The molecule has 0 unspecified atom stereocenters. The first kappa shape index (κ1) is 17.1. The van der Waals surface area contributed by atoms with Crippen LogP contribution >= 0.6 is 0 Å². The van der Waals surface area contributed by atoms with E-state index in [1.54, 1.807) is 19.1 Å². The molecule has 6 nitrogen and oxygen atoms in total. The fourth-order valence-corrected chi connectivity index (χ4v) is 2.57. The van der Waals surface area contributed by atoms with Crippen LogP contribution in [0.4, 0.5) is 11.4 Å². The van der Waals surface area contributed by atoms with Crippen molar-refractivity contribution in [3.05, 3.63) is 87.7 Å². The Balaban J connectivity index is 2.13. The molecular weight excluding hydrogens is 328 g/mol. The zero-order valence-corrected chi connectivity index (χ0v) is 14.1. The minimum Gasteiger partial charge on any atom is -0.493 e. The monoisotopic (exact) mass is 344 g/mol. The minimum absolute atomic E-state index is 0.0162. The predicted octanol–water partition coefficient (Wildman–Crippen LogP) is 4.20. The van der Waals surface area contributed by atoms with Crippen molar-refractivity contribution in [3.63, 3.8) is 0 Å². The van der Waals surface area contributed by atoms with Crippen LogP contribution in [-0.4, -0.2) is 9.67 Å². The van der Waals surface area contributed by atoms with E-state index in [-0.39, 0.29) is 23.7 Å². The number of hydrogen-bond acceptors (Lipinski definition) is 5. The highest BCUT2D eigenvalue weighted by molar-refractivity contribution is 5.57. The third kappa shape index (κ3) is 3.37. The van der Waals surface area contributed by atoms with Crippen LogP contribution in [-0.2, 0) is 6.54 Å². The maximum Gasteiger partial charge on any atom is 0.281 e. The topological polar surface area (TPSA) is 90.7 Å². The summed E-state index contributed by atoms with van der Waals surface area (Å²) in [5.41, 5.74) is 1.28. The van der Waals surface area contributed by atoms with Gasteiger partial charge in [-0.1, -0.05) is 48.5 Å². The number of aromatic nitrogens is 1. The molecule has 0 aliphatic rings. The van der Waals surface area contributed by atoms with Gasteiger partial charge in [0.2, 0.25) is 5.88 Å². The molecule has 1 aromatic heterocycles. The van der Waals surface area contributed by atoms with E-state index in [1.807, 2.05) is 54.6 Å². The maximum atomic E-state index is 12.8. The van der Waals surface area contributed by atoms with Gasteiger partial charge in [-0.05, 0) is 24.6 Å². The average molecular weight is 344 g/mol. The highest BCUT2D eigenvalue weighted by Crippen LogP contribution is 2.27. The van der Waals surface area contributed by atoms with Crippen molar-refractivity contribution >= 4 is 11.4 Å². The Kier molecular flexibility index (Phi) is 4.90. The summed E-state index contributed by atoms with van der Waals surface area (Å²) in [6, 6.07) is 20.1. The van der Waals surface area contributed by atoms with Crippen LogP contribution in [0, 0.1) is 18.3 Å². The molecule has 0 aliphatic heterocycles. The second-order valence-corrected chi connectivity index (χ2v) is 5.70. The van der Waals surface area contributed by atoms with Gasteiger partial charge in [0.15, 0.2) is 5.69 Å². The van der Waals surface area contributed by atoms with E-state index >= 15 is 0 Å². The van der Waals surface area contributed by atoms with Crippen molar-refractivity contribution in [1.82, 2.24) is 4.57 Å². The van der Waals surface area contributed by atoms with Gasteiger partial charge >= 0.3 is 0 Å². The summed E-state index contributed by atoms with van der Waals surface area (Å²) in [7, 11) is 0. The minimum atomic E-state index is -0.498. The van der Waals surface area contributed by atoms with E-state index in [4.69, 9.17) is 0 Å². The number of benzene rings is 2. The van der Waals surface area contributed by atoms with Crippen molar-refractivity contribution in [2.24, 2.45) is 10.2 Å².